The van der Waals surface area contributed by atoms with Gasteiger partial charge in [-0.15, -0.1) is 11.3 Å². The van der Waals surface area contributed by atoms with Crippen LogP contribution in [0.4, 0.5) is 0 Å². The van der Waals surface area contributed by atoms with Gasteiger partial charge in [-0.05, 0) is 24.5 Å². The highest BCUT2D eigenvalue weighted by molar-refractivity contribution is 7.23. The van der Waals surface area contributed by atoms with Crippen LogP contribution in [-0.4, -0.2) is 17.4 Å². The highest BCUT2D eigenvalue weighted by atomic mass is 35.5. The van der Waals surface area contributed by atoms with E-state index in [2.05, 4.69) is 22.4 Å². The van der Waals surface area contributed by atoms with E-state index in [1.165, 1.54) is 16.9 Å². The van der Waals surface area contributed by atoms with Crippen molar-refractivity contribution in [2.45, 2.75) is 12.8 Å². The number of thiophene rings is 1. The zero-order valence-corrected chi connectivity index (χ0v) is 14.0. The number of aromatic amines is 1. The van der Waals surface area contributed by atoms with Crippen molar-refractivity contribution in [1.82, 2.24) is 10.3 Å². The molecule has 0 spiro atoms. The molecule has 0 aliphatic rings. The van der Waals surface area contributed by atoms with Crippen molar-refractivity contribution in [3.8, 4) is 0 Å². The Morgan fingerprint density at radius 3 is 2.73 bits per heavy atom. The summed E-state index contributed by atoms with van der Waals surface area (Å²) in [6.07, 6.45) is 1.85. The van der Waals surface area contributed by atoms with Crippen LogP contribution < -0.4 is 5.32 Å². The molecule has 0 bridgehead atoms. The molecule has 22 heavy (non-hydrogen) atoms. The van der Waals surface area contributed by atoms with Crippen LogP contribution in [0.1, 0.15) is 22.5 Å². The standard InChI is InChI=1S/C16H14Cl2N2OS/c17-13-14-12(22-15(13)18)9-11(20-14)16(21)19-8-4-7-10-5-2-1-3-6-10/h1-3,5-6,9,20H,4,7-8H2,(H,19,21). The predicted molar refractivity (Wildman–Crippen MR) is 93.3 cm³/mol. The summed E-state index contributed by atoms with van der Waals surface area (Å²) in [6.45, 7) is 0.634. The molecule has 0 fully saturated rings. The van der Waals surface area contributed by atoms with E-state index in [9.17, 15) is 4.79 Å². The first kappa shape index (κ1) is 15.4. The Hall–Kier alpha value is -1.49. The zero-order chi connectivity index (χ0) is 15.5. The van der Waals surface area contributed by atoms with Gasteiger partial charge < -0.3 is 10.3 Å². The number of fused-ring (bicyclic) bond motifs is 1. The average molecular weight is 353 g/mol. The van der Waals surface area contributed by atoms with Gasteiger partial charge in [0.05, 0.1) is 15.2 Å². The number of carbonyl (C=O) groups excluding carboxylic acids is 1. The van der Waals surface area contributed by atoms with Crippen LogP contribution in [0.2, 0.25) is 9.36 Å². The quantitative estimate of drug-likeness (QED) is 0.630. The molecule has 3 aromatic rings. The largest absolute Gasteiger partial charge is 0.351 e. The highest BCUT2D eigenvalue weighted by Crippen LogP contribution is 2.38. The first-order valence-corrected chi connectivity index (χ1v) is 8.51. The number of H-pyrrole nitrogens is 1. The predicted octanol–water partition coefficient (Wildman–Crippen LogP) is 4.90. The normalized spacial score (nSPS) is 11.0. The molecule has 3 rings (SSSR count). The molecule has 6 heteroatoms. The summed E-state index contributed by atoms with van der Waals surface area (Å²) in [5.74, 6) is -0.122. The molecule has 0 radical (unpaired) electrons. The number of aryl methyl sites for hydroxylation is 1. The smallest absolute Gasteiger partial charge is 0.267 e. The summed E-state index contributed by atoms with van der Waals surface area (Å²) in [5, 5.41) is 3.39. The van der Waals surface area contributed by atoms with Crippen LogP contribution in [0.3, 0.4) is 0 Å². The minimum atomic E-state index is -0.122. The van der Waals surface area contributed by atoms with Crippen LogP contribution in [0, 0.1) is 0 Å². The van der Waals surface area contributed by atoms with E-state index in [0.717, 1.165) is 23.1 Å². The number of nitrogens with one attached hydrogen (secondary N) is 2. The lowest BCUT2D eigenvalue weighted by Gasteiger charge is -2.04. The lowest BCUT2D eigenvalue weighted by Crippen LogP contribution is -2.25. The lowest BCUT2D eigenvalue weighted by atomic mass is 10.1. The molecule has 2 heterocycles. The Kier molecular flexibility index (Phi) is 4.71. The van der Waals surface area contributed by atoms with E-state index in [4.69, 9.17) is 23.2 Å². The molecule has 0 aliphatic heterocycles. The number of benzene rings is 1. The van der Waals surface area contributed by atoms with Gasteiger partial charge in [-0.25, -0.2) is 0 Å². The molecule has 1 aromatic carbocycles. The van der Waals surface area contributed by atoms with Gasteiger partial charge in [0.15, 0.2) is 0 Å². The van der Waals surface area contributed by atoms with Crippen LogP contribution in [0.25, 0.3) is 10.2 Å². The van der Waals surface area contributed by atoms with E-state index in [1.807, 2.05) is 18.2 Å². The Bertz CT molecular complexity index is 795. The summed E-state index contributed by atoms with van der Waals surface area (Å²) in [7, 11) is 0. The van der Waals surface area contributed by atoms with Gasteiger partial charge in [0.2, 0.25) is 0 Å². The molecule has 114 valence electrons. The second-order valence-electron chi connectivity index (χ2n) is 4.96. The van der Waals surface area contributed by atoms with E-state index in [0.29, 0.717) is 21.6 Å². The number of hydrogen-bond donors (Lipinski definition) is 2. The van der Waals surface area contributed by atoms with Crippen LogP contribution in [0.15, 0.2) is 36.4 Å². The lowest BCUT2D eigenvalue weighted by molar-refractivity contribution is 0.0949. The maximum Gasteiger partial charge on any atom is 0.267 e. The molecule has 0 atom stereocenters. The Balaban J connectivity index is 1.55. The van der Waals surface area contributed by atoms with Gasteiger partial charge in [0.25, 0.3) is 5.91 Å². The Morgan fingerprint density at radius 1 is 1.23 bits per heavy atom. The third kappa shape index (κ3) is 3.29. The minimum Gasteiger partial charge on any atom is -0.351 e. The monoisotopic (exact) mass is 352 g/mol. The van der Waals surface area contributed by atoms with Gasteiger partial charge >= 0.3 is 0 Å². The fraction of sp³-hybridized carbons (Fsp3) is 0.188. The van der Waals surface area contributed by atoms with Crippen molar-refractivity contribution in [3.05, 3.63) is 57.0 Å². The van der Waals surface area contributed by atoms with E-state index in [-0.39, 0.29) is 5.91 Å². The van der Waals surface area contributed by atoms with Crippen molar-refractivity contribution >= 4 is 50.7 Å². The third-order valence-electron chi connectivity index (χ3n) is 3.39. The van der Waals surface area contributed by atoms with Crippen molar-refractivity contribution in [2.24, 2.45) is 0 Å². The molecular formula is C16H14Cl2N2OS. The van der Waals surface area contributed by atoms with Crippen molar-refractivity contribution in [3.63, 3.8) is 0 Å². The molecule has 2 N–H and O–H groups in total. The summed E-state index contributed by atoms with van der Waals surface area (Å²) in [6, 6.07) is 12.0. The van der Waals surface area contributed by atoms with Crippen molar-refractivity contribution in [2.75, 3.05) is 6.54 Å². The average Bonchev–Trinajstić information content (AvgIpc) is 3.05. The third-order valence-corrected chi connectivity index (χ3v) is 5.32. The van der Waals surface area contributed by atoms with E-state index in [1.54, 1.807) is 6.07 Å². The first-order valence-electron chi connectivity index (χ1n) is 6.94. The van der Waals surface area contributed by atoms with Gasteiger partial charge in [-0.1, -0.05) is 53.5 Å². The molecule has 2 aromatic heterocycles. The van der Waals surface area contributed by atoms with Gasteiger partial charge in [0, 0.05) is 6.54 Å². The number of rotatable bonds is 5. The summed E-state index contributed by atoms with van der Waals surface area (Å²) in [5.41, 5.74) is 2.52. The number of hydrogen-bond acceptors (Lipinski definition) is 2. The fourth-order valence-corrected chi connectivity index (χ4v) is 3.76. The zero-order valence-electron chi connectivity index (χ0n) is 11.7. The molecule has 0 aliphatic carbocycles. The van der Waals surface area contributed by atoms with E-state index >= 15 is 0 Å². The van der Waals surface area contributed by atoms with Crippen molar-refractivity contribution in [1.29, 1.82) is 0 Å². The van der Waals surface area contributed by atoms with E-state index < -0.39 is 0 Å². The van der Waals surface area contributed by atoms with Gasteiger partial charge in [-0.2, -0.15) is 0 Å². The maximum atomic E-state index is 12.1. The molecule has 1 amide bonds. The minimum absolute atomic E-state index is 0.122. The SMILES string of the molecule is O=C(NCCCc1ccccc1)c1cc2sc(Cl)c(Cl)c2[nH]1. The number of carbonyl (C=O) groups is 1. The van der Waals surface area contributed by atoms with Crippen LogP contribution >= 0.6 is 34.5 Å². The van der Waals surface area contributed by atoms with Gasteiger partial charge in [-0.3, -0.25) is 4.79 Å². The van der Waals surface area contributed by atoms with Crippen LogP contribution in [-0.2, 0) is 6.42 Å². The molecular weight excluding hydrogens is 339 g/mol. The molecule has 0 saturated carbocycles. The van der Waals surface area contributed by atoms with Crippen molar-refractivity contribution < 1.29 is 4.79 Å². The van der Waals surface area contributed by atoms with Crippen LogP contribution in [0.5, 0.6) is 0 Å². The summed E-state index contributed by atoms with van der Waals surface area (Å²) < 4.78 is 1.43. The molecule has 0 saturated heterocycles. The Labute approximate surface area is 142 Å². The number of amides is 1. The maximum absolute atomic E-state index is 12.1. The summed E-state index contributed by atoms with van der Waals surface area (Å²) in [4.78, 5) is 15.1. The summed E-state index contributed by atoms with van der Waals surface area (Å²) >= 11 is 13.4. The van der Waals surface area contributed by atoms with Gasteiger partial charge in [0.1, 0.15) is 10.0 Å². The fourth-order valence-electron chi connectivity index (χ4n) is 2.28. The second kappa shape index (κ2) is 6.73. The first-order chi connectivity index (χ1) is 10.6. The molecule has 3 nitrogen and oxygen atoms in total. The second-order valence-corrected chi connectivity index (χ2v) is 6.99. The highest BCUT2D eigenvalue weighted by Gasteiger charge is 2.15. The molecule has 0 unspecified atom stereocenters. The Morgan fingerprint density at radius 2 is 2.00 bits per heavy atom. The number of halogens is 2. The topological polar surface area (TPSA) is 44.9 Å². The number of aromatic nitrogens is 1.